The molecule has 1 saturated heterocycles. The van der Waals surface area contributed by atoms with Crippen molar-refractivity contribution in [1.82, 2.24) is 40.7 Å². The SMILES string of the molecule is CC(c1ccn2nccc2c1)N1NNC2=NC=C(c3cnn(CCO)c3)NC21. The van der Waals surface area contributed by atoms with Crippen molar-refractivity contribution >= 4 is 17.0 Å². The van der Waals surface area contributed by atoms with Crippen molar-refractivity contribution < 1.29 is 5.11 Å². The van der Waals surface area contributed by atoms with Gasteiger partial charge in [-0.3, -0.25) is 10.1 Å². The fourth-order valence-electron chi connectivity index (χ4n) is 3.51. The van der Waals surface area contributed by atoms with Crippen molar-refractivity contribution in [3.05, 3.63) is 60.3 Å². The first-order valence-corrected chi connectivity index (χ1v) is 9.14. The average Bonchev–Trinajstić information content (AvgIpc) is 3.45. The molecule has 10 nitrogen and oxygen atoms in total. The van der Waals surface area contributed by atoms with Gasteiger partial charge < -0.3 is 10.4 Å². The first kappa shape index (κ1) is 16.9. The lowest BCUT2D eigenvalue weighted by atomic mass is 10.1. The number of aromatic nitrogens is 4. The molecule has 0 aliphatic carbocycles. The Hall–Kier alpha value is -3.21. The number of fused-ring (bicyclic) bond motifs is 2. The molecule has 2 atom stereocenters. The van der Waals surface area contributed by atoms with E-state index in [9.17, 15) is 0 Å². The second-order valence-corrected chi connectivity index (χ2v) is 6.80. The van der Waals surface area contributed by atoms with Crippen LogP contribution in [0.4, 0.5) is 0 Å². The maximum absolute atomic E-state index is 9.08. The smallest absolute Gasteiger partial charge is 0.156 e. The summed E-state index contributed by atoms with van der Waals surface area (Å²) in [6, 6.07) is 6.27. The highest BCUT2D eigenvalue weighted by atomic mass is 16.3. The third-order valence-electron chi connectivity index (χ3n) is 5.07. The van der Waals surface area contributed by atoms with Crippen LogP contribution in [-0.4, -0.2) is 48.1 Å². The topological polar surface area (TPSA) is 107 Å². The van der Waals surface area contributed by atoms with E-state index in [1.807, 2.05) is 23.0 Å². The van der Waals surface area contributed by atoms with Gasteiger partial charge in [0.2, 0.25) is 0 Å². The molecule has 5 heterocycles. The summed E-state index contributed by atoms with van der Waals surface area (Å²) >= 11 is 0. The number of amidine groups is 1. The second-order valence-electron chi connectivity index (χ2n) is 6.80. The predicted molar refractivity (Wildman–Crippen MR) is 103 cm³/mol. The summed E-state index contributed by atoms with van der Waals surface area (Å²) in [5.41, 5.74) is 10.4. The minimum Gasteiger partial charge on any atom is -0.394 e. The maximum atomic E-state index is 9.08. The number of hydrogen-bond acceptors (Lipinski definition) is 8. The average molecular weight is 379 g/mol. The second kappa shape index (κ2) is 6.75. The predicted octanol–water partition coefficient (Wildman–Crippen LogP) is 0.235. The summed E-state index contributed by atoms with van der Waals surface area (Å²) in [6.07, 6.45) is 9.07. The van der Waals surface area contributed by atoms with E-state index in [0.717, 1.165) is 28.2 Å². The molecule has 10 heteroatoms. The molecule has 0 amide bonds. The number of aliphatic hydroxyl groups is 1. The molecule has 0 saturated carbocycles. The van der Waals surface area contributed by atoms with Gasteiger partial charge in [0.05, 0.1) is 42.8 Å². The number of pyridine rings is 1. The van der Waals surface area contributed by atoms with Gasteiger partial charge in [-0.2, -0.15) is 20.7 Å². The highest BCUT2D eigenvalue weighted by molar-refractivity contribution is 5.92. The van der Waals surface area contributed by atoms with Crippen molar-refractivity contribution in [3.8, 4) is 0 Å². The molecule has 5 rings (SSSR count). The minimum absolute atomic E-state index is 0.0547. The number of aliphatic hydroxyl groups excluding tert-OH is 1. The van der Waals surface area contributed by atoms with Crippen molar-refractivity contribution in [3.63, 3.8) is 0 Å². The Kier molecular flexibility index (Phi) is 4.08. The van der Waals surface area contributed by atoms with Gasteiger partial charge in [-0.05, 0) is 30.7 Å². The van der Waals surface area contributed by atoms with Gasteiger partial charge in [0.25, 0.3) is 0 Å². The highest BCUT2D eigenvalue weighted by Crippen LogP contribution is 2.26. The molecule has 2 aliphatic heterocycles. The lowest BCUT2D eigenvalue weighted by molar-refractivity contribution is 0.119. The van der Waals surface area contributed by atoms with E-state index in [2.05, 4.69) is 55.5 Å². The first-order chi connectivity index (χ1) is 13.7. The van der Waals surface area contributed by atoms with Crippen LogP contribution >= 0.6 is 0 Å². The molecule has 0 aromatic carbocycles. The zero-order chi connectivity index (χ0) is 19.1. The normalized spacial score (nSPS) is 20.3. The molecule has 0 spiro atoms. The molecule has 2 unspecified atom stereocenters. The van der Waals surface area contributed by atoms with Gasteiger partial charge in [0.1, 0.15) is 0 Å². The van der Waals surface area contributed by atoms with Gasteiger partial charge in [0, 0.05) is 24.2 Å². The van der Waals surface area contributed by atoms with Crippen molar-refractivity contribution in [2.75, 3.05) is 6.61 Å². The standard InChI is InChI=1S/C18H21N9O/c1-12(13-3-5-26-15(8-13)2-4-20-26)27-18-17(23-24-27)19-10-16(22-18)14-9-21-25(11-14)6-7-28/h2-5,8-12,18,22,24,28H,6-7H2,1H3,(H,19,23). The van der Waals surface area contributed by atoms with Gasteiger partial charge in [-0.1, -0.05) is 0 Å². The fraction of sp³-hybridized carbons (Fsp3) is 0.278. The van der Waals surface area contributed by atoms with E-state index >= 15 is 0 Å². The lowest BCUT2D eigenvalue weighted by Gasteiger charge is -2.31. The molecule has 2 aliphatic rings. The number of nitrogens with one attached hydrogen (secondary N) is 3. The number of hydrazine groups is 2. The summed E-state index contributed by atoms with van der Waals surface area (Å²) < 4.78 is 3.56. The first-order valence-electron chi connectivity index (χ1n) is 9.14. The van der Waals surface area contributed by atoms with Crippen LogP contribution in [0.2, 0.25) is 0 Å². The highest BCUT2D eigenvalue weighted by Gasteiger charge is 2.36. The van der Waals surface area contributed by atoms with E-state index in [-0.39, 0.29) is 18.8 Å². The van der Waals surface area contributed by atoms with Gasteiger partial charge in [-0.15, -0.1) is 0 Å². The van der Waals surface area contributed by atoms with Gasteiger partial charge >= 0.3 is 0 Å². The van der Waals surface area contributed by atoms with Gasteiger partial charge in [0.15, 0.2) is 12.0 Å². The van der Waals surface area contributed by atoms with Crippen LogP contribution in [0.25, 0.3) is 11.2 Å². The maximum Gasteiger partial charge on any atom is 0.156 e. The summed E-state index contributed by atoms with van der Waals surface area (Å²) in [7, 11) is 0. The van der Waals surface area contributed by atoms with Gasteiger partial charge in [-0.25, -0.2) is 9.51 Å². The molecular formula is C18H21N9O. The van der Waals surface area contributed by atoms with E-state index in [0.29, 0.717) is 6.54 Å². The fourth-order valence-corrected chi connectivity index (χ4v) is 3.51. The van der Waals surface area contributed by atoms with E-state index in [4.69, 9.17) is 5.11 Å². The monoisotopic (exact) mass is 379 g/mol. The summed E-state index contributed by atoms with van der Waals surface area (Å²) in [5, 5.41) is 23.2. The third-order valence-corrected chi connectivity index (χ3v) is 5.07. The Morgan fingerprint density at radius 1 is 1.29 bits per heavy atom. The van der Waals surface area contributed by atoms with Crippen LogP contribution in [-0.2, 0) is 6.54 Å². The lowest BCUT2D eigenvalue weighted by Crippen LogP contribution is -2.49. The zero-order valence-electron chi connectivity index (χ0n) is 15.3. The molecule has 3 aromatic heterocycles. The van der Waals surface area contributed by atoms with E-state index in [1.165, 1.54) is 0 Å². The molecule has 144 valence electrons. The van der Waals surface area contributed by atoms with E-state index < -0.39 is 0 Å². The Labute approximate surface area is 161 Å². The van der Waals surface area contributed by atoms with Crippen LogP contribution in [0, 0.1) is 0 Å². The van der Waals surface area contributed by atoms with Crippen LogP contribution in [0.15, 0.2) is 54.2 Å². The largest absolute Gasteiger partial charge is 0.394 e. The van der Waals surface area contributed by atoms with Crippen LogP contribution in [0.1, 0.15) is 24.1 Å². The molecule has 4 N–H and O–H groups in total. The Morgan fingerprint density at radius 2 is 2.21 bits per heavy atom. The van der Waals surface area contributed by atoms with Crippen LogP contribution in [0.3, 0.4) is 0 Å². The molecule has 0 radical (unpaired) electrons. The molecular weight excluding hydrogens is 358 g/mol. The molecule has 1 fully saturated rings. The summed E-state index contributed by atoms with van der Waals surface area (Å²) in [4.78, 5) is 4.55. The van der Waals surface area contributed by atoms with Crippen molar-refractivity contribution in [1.29, 1.82) is 0 Å². The minimum atomic E-state index is -0.141. The third kappa shape index (κ3) is 2.83. The van der Waals surface area contributed by atoms with Crippen molar-refractivity contribution in [2.24, 2.45) is 4.99 Å². The number of nitrogens with zero attached hydrogens (tertiary/aromatic N) is 6. The van der Waals surface area contributed by atoms with E-state index in [1.54, 1.807) is 23.3 Å². The van der Waals surface area contributed by atoms with Crippen LogP contribution in [0.5, 0.6) is 0 Å². The number of aliphatic imine (C=N–C) groups is 1. The zero-order valence-corrected chi connectivity index (χ0v) is 15.3. The van der Waals surface area contributed by atoms with Crippen LogP contribution < -0.4 is 16.3 Å². The number of rotatable bonds is 5. The number of hydrogen-bond donors (Lipinski definition) is 4. The molecule has 3 aromatic rings. The summed E-state index contributed by atoms with van der Waals surface area (Å²) in [6.45, 7) is 2.66. The quantitative estimate of drug-likeness (QED) is 0.503. The Morgan fingerprint density at radius 3 is 3.11 bits per heavy atom. The Balaban J connectivity index is 1.38. The Bertz CT molecular complexity index is 1070. The summed E-state index contributed by atoms with van der Waals surface area (Å²) in [5.74, 6) is 0.809. The molecule has 0 bridgehead atoms. The molecule has 28 heavy (non-hydrogen) atoms. The van der Waals surface area contributed by atoms with Crippen molar-refractivity contribution in [2.45, 2.75) is 25.7 Å².